The lowest BCUT2D eigenvalue weighted by atomic mass is 10.2. The number of nitrogens with zero attached hydrogens (tertiary/aromatic N) is 2. The quantitative estimate of drug-likeness (QED) is 0.506. The smallest absolute Gasteiger partial charge is 0.258 e. The zero-order valence-electron chi connectivity index (χ0n) is 17.4. The van der Waals surface area contributed by atoms with Crippen molar-refractivity contribution in [1.29, 1.82) is 0 Å². The number of aliphatic hydroxyl groups excluding tert-OH is 1. The van der Waals surface area contributed by atoms with Crippen LogP contribution in [0.15, 0.2) is 59.5 Å². The SMILES string of the molecule is NC(=O)c1ccc(Cl)s1.O=C(CN1CCC[C@H]1O)Nc1ccc(-n2ccccc2=O)cc1F. The van der Waals surface area contributed by atoms with Crippen LogP contribution in [0.3, 0.4) is 0 Å². The molecule has 174 valence electrons. The molecule has 1 fully saturated rings. The van der Waals surface area contributed by atoms with E-state index in [-0.39, 0.29) is 23.7 Å². The number of pyridine rings is 1. The van der Waals surface area contributed by atoms with Crippen molar-refractivity contribution < 1.29 is 19.1 Å². The Kier molecular flexibility index (Phi) is 8.34. The Morgan fingerprint density at radius 2 is 2.03 bits per heavy atom. The van der Waals surface area contributed by atoms with E-state index in [1.165, 1.54) is 34.1 Å². The first-order chi connectivity index (χ1) is 15.7. The van der Waals surface area contributed by atoms with Crippen LogP contribution in [0, 0.1) is 5.82 Å². The van der Waals surface area contributed by atoms with E-state index in [0.717, 1.165) is 6.42 Å². The number of hydrogen-bond donors (Lipinski definition) is 3. The summed E-state index contributed by atoms with van der Waals surface area (Å²) in [6, 6.07) is 12.1. The molecule has 1 atom stereocenters. The summed E-state index contributed by atoms with van der Waals surface area (Å²) in [4.78, 5) is 36.3. The number of benzene rings is 1. The van der Waals surface area contributed by atoms with Crippen LogP contribution < -0.4 is 16.6 Å². The van der Waals surface area contributed by atoms with E-state index in [9.17, 15) is 23.9 Å². The molecule has 4 N–H and O–H groups in total. The number of nitrogens with one attached hydrogen (secondary N) is 1. The number of nitrogens with two attached hydrogens (primary N) is 1. The Balaban J connectivity index is 0.000000286. The van der Waals surface area contributed by atoms with Gasteiger partial charge in [0.15, 0.2) is 0 Å². The Hall–Kier alpha value is -3.05. The van der Waals surface area contributed by atoms with Crippen molar-refractivity contribution in [3.63, 3.8) is 0 Å². The van der Waals surface area contributed by atoms with Crippen molar-refractivity contribution >= 4 is 40.4 Å². The molecule has 2 amide bonds. The highest BCUT2D eigenvalue weighted by atomic mass is 35.5. The number of likely N-dealkylation sites (tertiary alicyclic amines) is 1. The second-order valence-electron chi connectivity index (χ2n) is 7.18. The van der Waals surface area contributed by atoms with E-state index in [1.54, 1.807) is 41.4 Å². The summed E-state index contributed by atoms with van der Waals surface area (Å²) in [6.45, 7) is 0.660. The standard InChI is InChI=1S/C17H18FN3O3.C5H4ClNOS/c18-13-10-12(21-9-2-1-4-17(21)24)6-7-14(13)19-15(22)11-20-8-3-5-16(20)23;6-4-2-1-3(9-4)5(7)8/h1-2,4,6-7,9-10,16,23H,3,5,8,11H2,(H,19,22);1-2H,(H2,7,8)/t16-;/m1./s1. The van der Waals surface area contributed by atoms with Crippen LogP contribution in [0.25, 0.3) is 5.69 Å². The Labute approximate surface area is 198 Å². The fourth-order valence-electron chi connectivity index (χ4n) is 3.21. The molecule has 33 heavy (non-hydrogen) atoms. The van der Waals surface area contributed by atoms with Crippen LogP contribution in [0.1, 0.15) is 22.5 Å². The summed E-state index contributed by atoms with van der Waals surface area (Å²) < 4.78 is 16.1. The topological polar surface area (TPSA) is 118 Å². The Morgan fingerprint density at radius 3 is 2.58 bits per heavy atom. The molecule has 0 saturated carbocycles. The van der Waals surface area contributed by atoms with Gasteiger partial charge in [0.25, 0.3) is 11.5 Å². The molecule has 1 saturated heterocycles. The van der Waals surface area contributed by atoms with Gasteiger partial charge in [0.2, 0.25) is 5.91 Å². The van der Waals surface area contributed by atoms with Crippen molar-refractivity contribution in [2.75, 3.05) is 18.4 Å². The maximum absolute atomic E-state index is 14.2. The highest BCUT2D eigenvalue weighted by molar-refractivity contribution is 7.17. The van der Waals surface area contributed by atoms with Crippen LogP contribution in [0.2, 0.25) is 4.34 Å². The molecule has 1 aliphatic heterocycles. The molecule has 0 aliphatic carbocycles. The van der Waals surface area contributed by atoms with E-state index >= 15 is 0 Å². The third-order valence-electron chi connectivity index (χ3n) is 4.82. The number of aliphatic hydroxyl groups is 1. The van der Waals surface area contributed by atoms with E-state index in [0.29, 0.717) is 27.9 Å². The van der Waals surface area contributed by atoms with Gasteiger partial charge in [-0.1, -0.05) is 17.7 Å². The normalized spacial score (nSPS) is 15.5. The molecule has 11 heteroatoms. The summed E-state index contributed by atoms with van der Waals surface area (Å²) in [6.07, 6.45) is 2.41. The Bertz CT molecular complexity index is 1200. The number of aromatic nitrogens is 1. The Morgan fingerprint density at radius 1 is 1.24 bits per heavy atom. The molecule has 0 bridgehead atoms. The van der Waals surface area contributed by atoms with Gasteiger partial charge in [0.1, 0.15) is 12.0 Å². The second kappa shape index (κ2) is 11.2. The molecule has 2 aromatic heterocycles. The van der Waals surface area contributed by atoms with Crippen LogP contribution in [-0.2, 0) is 4.79 Å². The number of halogens is 2. The predicted octanol–water partition coefficient (Wildman–Crippen LogP) is 2.83. The fourth-order valence-corrected chi connectivity index (χ4v) is 4.11. The number of carbonyl (C=O) groups excluding carboxylic acids is 2. The minimum Gasteiger partial charge on any atom is -0.378 e. The molecule has 1 aromatic carbocycles. The molecule has 4 rings (SSSR count). The summed E-state index contributed by atoms with van der Waals surface area (Å²) >= 11 is 6.70. The summed E-state index contributed by atoms with van der Waals surface area (Å²) in [5, 5.41) is 12.2. The van der Waals surface area contributed by atoms with Crippen molar-refractivity contribution in [2.24, 2.45) is 5.73 Å². The van der Waals surface area contributed by atoms with Crippen LogP contribution >= 0.6 is 22.9 Å². The van der Waals surface area contributed by atoms with Gasteiger partial charge in [0, 0.05) is 24.9 Å². The second-order valence-corrected chi connectivity index (χ2v) is 8.90. The van der Waals surface area contributed by atoms with Gasteiger partial charge < -0.3 is 16.2 Å². The van der Waals surface area contributed by atoms with Crippen LogP contribution in [0.5, 0.6) is 0 Å². The highest BCUT2D eigenvalue weighted by Gasteiger charge is 2.24. The summed E-state index contributed by atoms with van der Waals surface area (Å²) in [7, 11) is 0. The number of rotatable bonds is 5. The number of carbonyl (C=O) groups is 2. The number of thiophene rings is 1. The van der Waals surface area contributed by atoms with Gasteiger partial charge in [-0.05, 0) is 43.2 Å². The molecule has 1 aliphatic rings. The maximum Gasteiger partial charge on any atom is 0.258 e. The molecular weight excluding hydrogens is 471 g/mol. The first-order valence-corrected chi connectivity index (χ1v) is 11.2. The maximum atomic E-state index is 14.2. The largest absolute Gasteiger partial charge is 0.378 e. The van der Waals surface area contributed by atoms with Crippen molar-refractivity contribution in [3.8, 4) is 5.69 Å². The van der Waals surface area contributed by atoms with Crippen molar-refractivity contribution in [1.82, 2.24) is 9.47 Å². The molecule has 3 aromatic rings. The van der Waals surface area contributed by atoms with E-state index in [4.69, 9.17) is 17.3 Å². The zero-order valence-corrected chi connectivity index (χ0v) is 19.0. The van der Waals surface area contributed by atoms with Gasteiger partial charge in [-0.15, -0.1) is 11.3 Å². The lowest BCUT2D eigenvalue weighted by molar-refractivity contribution is -0.119. The van der Waals surface area contributed by atoms with Crippen LogP contribution in [0.4, 0.5) is 10.1 Å². The lowest BCUT2D eigenvalue weighted by Crippen LogP contribution is -2.36. The highest BCUT2D eigenvalue weighted by Crippen LogP contribution is 2.20. The third-order valence-corrected chi connectivity index (χ3v) is 6.07. The van der Waals surface area contributed by atoms with E-state index < -0.39 is 18.0 Å². The third kappa shape index (κ3) is 6.72. The number of amides is 2. The van der Waals surface area contributed by atoms with Crippen molar-refractivity contribution in [2.45, 2.75) is 19.1 Å². The minimum absolute atomic E-state index is 0.0144. The van der Waals surface area contributed by atoms with Crippen molar-refractivity contribution in [3.05, 3.63) is 80.1 Å². The van der Waals surface area contributed by atoms with Gasteiger partial charge in [-0.25, -0.2) is 4.39 Å². The summed E-state index contributed by atoms with van der Waals surface area (Å²) in [5.74, 6) is -1.44. The zero-order chi connectivity index (χ0) is 24.0. The van der Waals surface area contributed by atoms with Gasteiger partial charge >= 0.3 is 0 Å². The number of hydrogen-bond acceptors (Lipinski definition) is 6. The fraction of sp³-hybridized carbons (Fsp3) is 0.227. The predicted molar refractivity (Wildman–Crippen MR) is 125 cm³/mol. The molecule has 8 nitrogen and oxygen atoms in total. The average Bonchev–Trinajstić information content (AvgIpc) is 3.39. The molecular formula is C22H22ClFN4O4S. The van der Waals surface area contributed by atoms with Crippen LogP contribution in [-0.4, -0.2) is 45.7 Å². The molecule has 0 radical (unpaired) electrons. The van der Waals surface area contributed by atoms with Gasteiger partial charge in [0.05, 0.1) is 27.1 Å². The first kappa shape index (κ1) is 24.6. The lowest BCUT2D eigenvalue weighted by Gasteiger charge is -2.19. The summed E-state index contributed by atoms with van der Waals surface area (Å²) in [5.41, 5.74) is 5.10. The van der Waals surface area contributed by atoms with Gasteiger partial charge in [-0.2, -0.15) is 0 Å². The molecule has 3 heterocycles. The first-order valence-electron chi connectivity index (χ1n) is 9.99. The monoisotopic (exact) mass is 492 g/mol. The average molecular weight is 493 g/mol. The number of anilines is 1. The molecule has 0 unspecified atom stereocenters. The van der Waals surface area contributed by atoms with Gasteiger partial charge in [-0.3, -0.25) is 23.9 Å². The van der Waals surface area contributed by atoms with E-state index in [1.807, 2.05) is 0 Å². The number of primary amides is 1. The van der Waals surface area contributed by atoms with E-state index in [2.05, 4.69) is 5.32 Å². The molecule has 0 spiro atoms. The minimum atomic E-state index is -0.626.